The molecule has 0 fully saturated rings. The molecule has 0 saturated heterocycles. The lowest BCUT2D eigenvalue weighted by molar-refractivity contribution is -0.161. The maximum absolute atomic E-state index is 12.8. The highest BCUT2D eigenvalue weighted by atomic mass is 31.2. The molecule has 0 spiro atoms. The Morgan fingerprint density at radius 1 is 0.356 bits per heavy atom. The Morgan fingerprint density at radius 2 is 0.632 bits per heavy atom. The van der Waals surface area contributed by atoms with Crippen LogP contribution in [-0.2, 0) is 32.7 Å². The van der Waals surface area contributed by atoms with Crippen LogP contribution in [0.5, 0.6) is 0 Å². The SMILES string of the molecule is CC/C=C\C/C=C\C/C=C\C/C=C\C/C=C\C/C=C\C/C=C\C/C=C\CCCCCCCCCCCCCCCCC(=O)OC(COC(=O)CCCCCCCCCCCCCCCCC/C=C\CCCCCCCCCC)COP(=O)(O)OCCN. The Balaban J connectivity index is 3.87. The van der Waals surface area contributed by atoms with Crippen molar-refractivity contribution in [2.24, 2.45) is 5.73 Å². The molecule has 0 aromatic carbocycles. The Kier molecular flexibility index (Phi) is 69.0. The molecule has 2 unspecified atom stereocenters. The third-order valence-corrected chi connectivity index (χ3v) is 16.6. The largest absolute Gasteiger partial charge is 0.472 e. The minimum absolute atomic E-state index is 0.0512. The molecular formula is C77H136NO8P. The van der Waals surface area contributed by atoms with E-state index in [-0.39, 0.29) is 38.6 Å². The smallest absolute Gasteiger partial charge is 0.462 e. The van der Waals surface area contributed by atoms with E-state index in [0.29, 0.717) is 6.42 Å². The number of unbranched alkanes of at least 4 members (excludes halogenated alkanes) is 37. The van der Waals surface area contributed by atoms with Gasteiger partial charge in [0.15, 0.2) is 6.10 Å². The summed E-state index contributed by atoms with van der Waals surface area (Å²) in [5, 5.41) is 0. The van der Waals surface area contributed by atoms with Gasteiger partial charge in [-0.2, -0.15) is 0 Å². The third kappa shape index (κ3) is 71.6. The Labute approximate surface area is 537 Å². The number of hydrogen-bond donors (Lipinski definition) is 2. The number of phosphoric acid groups is 1. The zero-order valence-corrected chi connectivity index (χ0v) is 57.4. The van der Waals surface area contributed by atoms with Gasteiger partial charge >= 0.3 is 19.8 Å². The quantitative estimate of drug-likeness (QED) is 0.0264. The number of hydrogen-bond acceptors (Lipinski definition) is 8. The fraction of sp³-hybridized carbons (Fsp3) is 0.740. The Hall–Kier alpha value is -3.33. The van der Waals surface area contributed by atoms with Gasteiger partial charge in [-0.05, 0) is 103 Å². The maximum atomic E-state index is 12.8. The van der Waals surface area contributed by atoms with Gasteiger partial charge in [0, 0.05) is 19.4 Å². The van der Waals surface area contributed by atoms with E-state index in [0.717, 1.165) is 89.9 Å². The first-order valence-electron chi connectivity index (χ1n) is 36.4. The monoisotopic (exact) mass is 1230 g/mol. The first-order valence-corrected chi connectivity index (χ1v) is 37.9. The lowest BCUT2D eigenvalue weighted by atomic mass is 10.0. The molecule has 0 aromatic rings. The minimum Gasteiger partial charge on any atom is -0.462 e. The fourth-order valence-electron chi connectivity index (χ4n) is 10.3. The van der Waals surface area contributed by atoms with Gasteiger partial charge in [-0.25, -0.2) is 4.57 Å². The van der Waals surface area contributed by atoms with Gasteiger partial charge < -0.3 is 20.1 Å². The molecule has 0 aliphatic carbocycles. The first-order chi connectivity index (χ1) is 42.8. The standard InChI is InChI=1S/C77H136NO8P/c1-3-5-7-9-11-13-15-17-19-21-23-25-27-29-31-32-33-34-35-36-37-38-39-40-41-42-44-46-48-50-52-54-56-58-60-62-64-66-68-70-77(80)86-75(74-85-87(81,82)84-72-71-78)73-83-76(79)69-67-65-63-61-59-57-55-53-51-49-47-45-43-30-28-26-24-22-20-18-16-14-12-10-8-6-4-2/h5,7,11,13,17,19,22-25,29,31,33-34,36-37,39-40,75H,3-4,6,8-10,12,14-16,18,20-21,26-28,30,32,35,38,41-74,78H2,1-2H3,(H,81,82)/b7-5-,13-11-,19-17-,24-22-,25-23-,31-29-,34-33-,37-36-,40-39-. The summed E-state index contributed by atoms with van der Waals surface area (Å²) >= 11 is 0. The van der Waals surface area contributed by atoms with E-state index in [1.54, 1.807) is 0 Å². The van der Waals surface area contributed by atoms with E-state index in [1.165, 1.54) is 212 Å². The van der Waals surface area contributed by atoms with Gasteiger partial charge in [0.1, 0.15) is 6.61 Å². The maximum Gasteiger partial charge on any atom is 0.472 e. The van der Waals surface area contributed by atoms with Gasteiger partial charge in [0.05, 0.1) is 13.2 Å². The van der Waals surface area contributed by atoms with Crippen LogP contribution in [0.25, 0.3) is 0 Å². The molecule has 87 heavy (non-hydrogen) atoms. The van der Waals surface area contributed by atoms with Gasteiger partial charge in [0.2, 0.25) is 0 Å². The number of carbonyl (C=O) groups is 2. The van der Waals surface area contributed by atoms with Crippen molar-refractivity contribution >= 4 is 19.8 Å². The molecule has 502 valence electrons. The lowest BCUT2D eigenvalue weighted by Crippen LogP contribution is -2.29. The van der Waals surface area contributed by atoms with Crippen molar-refractivity contribution in [2.75, 3.05) is 26.4 Å². The van der Waals surface area contributed by atoms with Crippen LogP contribution in [0.2, 0.25) is 0 Å². The molecule has 0 aliphatic rings. The average Bonchev–Trinajstić information content (AvgIpc) is 3.64. The zero-order chi connectivity index (χ0) is 63.0. The number of carbonyl (C=O) groups excluding carboxylic acids is 2. The summed E-state index contributed by atoms with van der Waals surface area (Å²) in [7, 11) is -4.40. The molecule has 0 aliphatic heterocycles. The van der Waals surface area contributed by atoms with Gasteiger partial charge in [-0.1, -0.05) is 329 Å². The number of esters is 2. The van der Waals surface area contributed by atoms with Crippen molar-refractivity contribution < 1.29 is 37.6 Å². The second-order valence-electron chi connectivity index (χ2n) is 24.1. The van der Waals surface area contributed by atoms with E-state index in [1.807, 2.05) is 0 Å². The van der Waals surface area contributed by atoms with Crippen LogP contribution >= 0.6 is 7.82 Å². The third-order valence-electron chi connectivity index (χ3n) is 15.6. The molecule has 3 N–H and O–H groups in total. The van der Waals surface area contributed by atoms with Crippen LogP contribution in [-0.4, -0.2) is 49.3 Å². The zero-order valence-electron chi connectivity index (χ0n) is 56.5. The van der Waals surface area contributed by atoms with Gasteiger partial charge in [-0.3, -0.25) is 18.6 Å². The number of phosphoric ester groups is 1. The van der Waals surface area contributed by atoms with Gasteiger partial charge in [-0.15, -0.1) is 0 Å². The molecule has 10 heteroatoms. The van der Waals surface area contributed by atoms with E-state index < -0.39 is 26.5 Å². The normalized spacial score (nSPS) is 13.6. The molecular weight excluding hydrogens is 1100 g/mol. The van der Waals surface area contributed by atoms with Crippen LogP contribution in [0.4, 0.5) is 0 Å². The van der Waals surface area contributed by atoms with Crippen molar-refractivity contribution in [3.63, 3.8) is 0 Å². The molecule has 2 atom stereocenters. The Morgan fingerprint density at radius 3 is 0.954 bits per heavy atom. The number of nitrogens with two attached hydrogens (primary N) is 1. The minimum atomic E-state index is -4.40. The second-order valence-corrected chi connectivity index (χ2v) is 25.5. The van der Waals surface area contributed by atoms with Crippen molar-refractivity contribution in [3.05, 3.63) is 109 Å². The number of ether oxygens (including phenoxy) is 2. The molecule has 0 aromatic heterocycles. The number of rotatable bonds is 68. The van der Waals surface area contributed by atoms with E-state index >= 15 is 0 Å². The molecule has 0 bridgehead atoms. The van der Waals surface area contributed by atoms with E-state index in [2.05, 4.69) is 123 Å². The summed E-state index contributed by atoms with van der Waals surface area (Å²) < 4.78 is 33.2. The first kappa shape index (κ1) is 83.7. The molecule has 0 heterocycles. The van der Waals surface area contributed by atoms with Crippen molar-refractivity contribution in [1.82, 2.24) is 0 Å². The molecule has 0 rings (SSSR count). The van der Waals surface area contributed by atoms with Crippen LogP contribution in [0.3, 0.4) is 0 Å². The number of allylic oxidation sites excluding steroid dienone is 18. The molecule has 0 radical (unpaired) electrons. The summed E-state index contributed by atoms with van der Waals surface area (Å²) in [6.07, 6.45) is 99.0. The van der Waals surface area contributed by atoms with E-state index in [4.69, 9.17) is 24.3 Å². The molecule has 0 saturated carbocycles. The van der Waals surface area contributed by atoms with E-state index in [9.17, 15) is 19.0 Å². The predicted octanol–water partition coefficient (Wildman–Crippen LogP) is 24.1. The molecule has 0 amide bonds. The lowest BCUT2D eigenvalue weighted by Gasteiger charge is -2.19. The van der Waals surface area contributed by atoms with Crippen LogP contribution in [0.1, 0.15) is 335 Å². The van der Waals surface area contributed by atoms with Crippen molar-refractivity contribution in [2.45, 2.75) is 341 Å². The highest BCUT2D eigenvalue weighted by Gasteiger charge is 2.26. The highest BCUT2D eigenvalue weighted by Crippen LogP contribution is 2.43. The van der Waals surface area contributed by atoms with Crippen molar-refractivity contribution in [1.29, 1.82) is 0 Å². The average molecular weight is 1230 g/mol. The highest BCUT2D eigenvalue weighted by molar-refractivity contribution is 7.47. The summed E-state index contributed by atoms with van der Waals surface area (Å²) in [6, 6.07) is 0. The fourth-order valence-corrected chi connectivity index (χ4v) is 11.1. The Bertz CT molecular complexity index is 1800. The topological polar surface area (TPSA) is 134 Å². The summed E-state index contributed by atoms with van der Waals surface area (Å²) in [5.41, 5.74) is 5.41. The second kappa shape index (κ2) is 71.7. The summed E-state index contributed by atoms with van der Waals surface area (Å²) in [5.74, 6) is -0.818. The summed E-state index contributed by atoms with van der Waals surface area (Å²) in [6.45, 7) is 3.67. The van der Waals surface area contributed by atoms with Crippen molar-refractivity contribution in [3.8, 4) is 0 Å². The van der Waals surface area contributed by atoms with Crippen LogP contribution < -0.4 is 5.73 Å². The predicted molar refractivity (Wildman–Crippen MR) is 376 cm³/mol. The summed E-state index contributed by atoms with van der Waals surface area (Å²) in [4.78, 5) is 35.4. The van der Waals surface area contributed by atoms with Gasteiger partial charge in [0.25, 0.3) is 0 Å². The van der Waals surface area contributed by atoms with Crippen LogP contribution in [0, 0.1) is 0 Å². The van der Waals surface area contributed by atoms with Crippen LogP contribution in [0.15, 0.2) is 109 Å². The molecule has 9 nitrogen and oxygen atoms in total.